The SMILES string of the molecule is CO[C@H](c1ncc(Cl)cn1)[C@H](C)S(=O)(=O)Cc1nnc([C@@H]2CC[C@H](C)O2)n1Cc1ccon1. The van der Waals surface area contributed by atoms with E-state index < -0.39 is 21.2 Å². The number of sulfone groups is 1. The van der Waals surface area contributed by atoms with Crippen molar-refractivity contribution in [2.24, 2.45) is 0 Å². The largest absolute Gasteiger partial charge is 0.372 e. The Balaban J connectivity index is 1.62. The van der Waals surface area contributed by atoms with Gasteiger partial charge in [0.2, 0.25) is 0 Å². The van der Waals surface area contributed by atoms with Crippen LogP contribution in [0.15, 0.2) is 29.2 Å². The van der Waals surface area contributed by atoms with E-state index in [4.69, 9.17) is 25.6 Å². The first-order valence-electron chi connectivity index (χ1n) is 10.5. The van der Waals surface area contributed by atoms with Gasteiger partial charge >= 0.3 is 0 Å². The van der Waals surface area contributed by atoms with E-state index in [0.717, 1.165) is 12.8 Å². The molecule has 1 aliphatic rings. The molecule has 4 rings (SSSR count). The molecular weight excluding hydrogens is 472 g/mol. The Bertz CT molecular complexity index is 1170. The van der Waals surface area contributed by atoms with Gasteiger partial charge in [-0.1, -0.05) is 16.8 Å². The molecule has 0 bridgehead atoms. The summed E-state index contributed by atoms with van der Waals surface area (Å²) in [6.07, 6.45) is 4.89. The Labute approximate surface area is 196 Å². The molecule has 1 aliphatic heterocycles. The number of methoxy groups -OCH3 is 1. The third kappa shape index (κ3) is 5.24. The number of hydrogen-bond acceptors (Lipinski definition) is 10. The van der Waals surface area contributed by atoms with Crippen molar-refractivity contribution in [3.63, 3.8) is 0 Å². The van der Waals surface area contributed by atoms with Gasteiger partial charge in [0, 0.05) is 25.6 Å². The predicted molar refractivity (Wildman–Crippen MR) is 117 cm³/mol. The van der Waals surface area contributed by atoms with E-state index in [2.05, 4.69) is 25.3 Å². The highest BCUT2D eigenvalue weighted by atomic mass is 35.5. The zero-order valence-electron chi connectivity index (χ0n) is 18.5. The Morgan fingerprint density at radius 3 is 2.64 bits per heavy atom. The zero-order chi connectivity index (χ0) is 23.6. The fraction of sp³-hybridized carbons (Fsp3) is 0.550. The van der Waals surface area contributed by atoms with Crippen LogP contribution in [0.3, 0.4) is 0 Å². The van der Waals surface area contributed by atoms with Gasteiger partial charge in [-0.2, -0.15) is 0 Å². The maximum absolute atomic E-state index is 13.4. The summed E-state index contributed by atoms with van der Waals surface area (Å²) in [6.45, 7) is 3.82. The molecule has 0 radical (unpaired) electrons. The van der Waals surface area contributed by atoms with Gasteiger partial charge in [0.25, 0.3) is 0 Å². The lowest BCUT2D eigenvalue weighted by molar-refractivity contribution is 0.0480. The summed E-state index contributed by atoms with van der Waals surface area (Å²) in [6, 6.07) is 1.71. The molecule has 4 atom stereocenters. The van der Waals surface area contributed by atoms with Crippen molar-refractivity contribution in [1.29, 1.82) is 0 Å². The van der Waals surface area contributed by atoms with E-state index >= 15 is 0 Å². The molecule has 3 aromatic heterocycles. The highest BCUT2D eigenvalue weighted by Crippen LogP contribution is 2.33. The van der Waals surface area contributed by atoms with Crippen LogP contribution in [0.5, 0.6) is 0 Å². The Kier molecular flexibility index (Phi) is 7.07. The van der Waals surface area contributed by atoms with Crippen LogP contribution in [0.25, 0.3) is 0 Å². The second kappa shape index (κ2) is 9.84. The number of rotatable bonds is 9. The number of aromatic nitrogens is 6. The lowest BCUT2D eigenvalue weighted by Crippen LogP contribution is -2.30. The van der Waals surface area contributed by atoms with Crippen LogP contribution < -0.4 is 0 Å². The molecule has 0 spiro atoms. The third-order valence-corrected chi connectivity index (χ3v) is 7.89. The van der Waals surface area contributed by atoms with E-state index in [1.165, 1.54) is 25.8 Å². The molecule has 1 fully saturated rings. The van der Waals surface area contributed by atoms with Crippen molar-refractivity contribution in [3.05, 3.63) is 52.9 Å². The van der Waals surface area contributed by atoms with Crippen LogP contribution in [-0.2, 0) is 31.6 Å². The van der Waals surface area contributed by atoms with Crippen molar-refractivity contribution in [2.45, 2.75) is 62.5 Å². The summed E-state index contributed by atoms with van der Waals surface area (Å²) in [7, 11) is -2.34. The number of ether oxygens (including phenoxy) is 2. The number of hydrogen-bond donors (Lipinski definition) is 0. The highest BCUT2D eigenvalue weighted by molar-refractivity contribution is 7.91. The van der Waals surface area contributed by atoms with Crippen LogP contribution in [0.2, 0.25) is 5.02 Å². The van der Waals surface area contributed by atoms with Crippen molar-refractivity contribution in [2.75, 3.05) is 7.11 Å². The number of halogens is 1. The Hall–Kier alpha value is -2.41. The summed E-state index contributed by atoms with van der Waals surface area (Å²) >= 11 is 5.85. The summed E-state index contributed by atoms with van der Waals surface area (Å²) < 4.78 is 44.8. The van der Waals surface area contributed by atoms with E-state index in [0.29, 0.717) is 16.5 Å². The van der Waals surface area contributed by atoms with Gasteiger partial charge in [-0.05, 0) is 26.7 Å². The lowest BCUT2D eigenvalue weighted by Gasteiger charge is -2.21. The minimum Gasteiger partial charge on any atom is -0.372 e. The van der Waals surface area contributed by atoms with Crippen molar-refractivity contribution >= 4 is 21.4 Å². The molecule has 11 nitrogen and oxygen atoms in total. The van der Waals surface area contributed by atoms with Gasteiger partial charge in [0.1, 0.15) is 35.7 Å². The molecule has 0 aromatic carbocycles. The Morgan fingerprint density at radius 1 is 1.27 bits per heavy atom. The highest BCUT2D eigenvalue weighted by Gasteiger charge is 2.36. The molecule has 0 amide bonds. The Morgan fingerprint density at radius 2 is 2.03 bits per heavy atom. The van der Waals surface area contributed by atoms with Crippen molar-refractivity contribution in [3.8, 4) is 0 Å². The molecule has 33 heavy (non-hydrogen) atoms. The second-order valence-corrected chi connectivity index (χ2v) is 10.8. The van der Waals surface area contributed by atoms with Gasteiger partial charge < -0.3 is 18.6 Å². The first-order valence-corrected chi connectivity index (χ1v) is 12.6. The zero-order valence-corrected chi connectivity index (χ0v) is 20.0. The summed E-state index contributed by atoms with van der Waals surface area (Å²) in [5.74, 6) is 0.741. The summed E-state index contributed by atoms with van der Waals surface area (Å²) in [5, 5.41) is 11.8. The van der Waals surface area contributed by atoms with Crippen molar-refractivity contribution in [1.82, 2.24) is 29.9 Å². The summed E-state index contributed by atoms with van der Waals surface area (Å²) in [4.78, 5) is 8.24. The van der Waals surface area contributed by atoms with E-state index in [1.807, 2.05) is 6.92 Å². The van der Waals surface area contributed by atoms with Crippen LogP contribution in [0.1, 0.15) is 62.1 Å². The fourth-order valence-corrected chi connectivity index (χ4v) is 5.36. The monoisotopic (exact) mass is 496 g/mol. The smallest absolute Gasteiger partial charge is 0.163 e. The standard InChI is InChI=1S/C20H25ClN6O5S/c1-12-4-5-16(32-12)20-25-24-17(27(20)10-15-6-7-31-26-15)11-33(28,29)13(2)18(30-3)19-22-8-14(21)9-23-19/h6-9,12-13,16,18H,4-5,10-11H2,1-3H3/t12-,13-,16-,18-/m0/s1. The van der Waals surface area contributed by atoms with E-state index in [-0.39, 0.29) is 36.2 Å². The first-order chi connectivity index (χ1) is 15.8. The quantitative estimate of drug-likeness (QED) is 0.434. The maximum atomic E-state index is 13.4. The van der Waals surface area contributed by atoms with Gasteiger partial charge in [-0.15, -0.1) is 10.2 Å². The molecule has 1 saturated heterocycles. The second-order valence-electron chi connectivity index (χ2n) is 7.99. The van der Waals surface area contributed by atoms with Gasteiger partial charge in [-0.3, -0.25) is 0 Å². The molecule has 0 N–H and O–H groups in total. The molecular formula is C20H25ClN6O5S. The first kappa shape index (κ1) is 23.7. The van der Waals surface area contributed by atoms with Crippen LogP contribution in [0.4, 0.5) is 0 Å². The van der Waals surface area contributed by atoms with Crippen LogP contribution >= 0.6 is 11.6 Å². The van der Waals surface area contributed by atoms with Crippen LogP contribution in [-0.4, -0.2) is 56.8 Å². The molecule has 178 valence electrons. The van der Waals surface area contributed by atoms with Crippen molar-refractivity contribution < 1.29 is 22.4 Å². The minimum atomic E-state index is -3.75. The topological polar surface area (TPSA) is 135 Å². The van der Waals surface area contributed by atoms with Gasteiger partial charge in [-0.25, -0.2) is 18.4 Å². The molecule has 13 heteroatoms. The van der Waals surface area contributed by atoms with Crippen LogP contribution in [0, 0.1) is 0 Å². The van der Waals surface area contributed by atoms with Gasteiger partial charge in [0.15, 0.2) is 21.5 Å². The van der Waals surface area contributed by atoms with E-state index in [1.54, 1.807) is 17.6 Å². The maximum Gasteiger partial charge on any atom is 0.163 e. The van der Waals surface area contributed by atoms with Gasteiger partial charge in [0.05, 0.1) is 22.9 Å². The normalized spacial score (nSPS) is 20.7. The summed E-state index contributed by atoms with van der Waals surface area (Å²) in [5.41, 5.74) is 0.623. The lowest BCUT2D eigenvalue weighted by atomic mass is 10.2. The third-order valence-electron chi connectivity index (χ3n) is 5.66. The fourth-order valence-electron chi connectivity index (χ4n) is 3.82. The minimum absolute atomic E-state index is 0.0984. The molecule has 3 aromatic rings. The molecule has 0 unspecified atom stereocenters. The predicted octanol–water partition coefficient (Wildman–Crippen LogP) is 2.69. The molecule has 4 heterocycles. The average Bonchev–Trinajstić information content (AvgIpc) is 3.53. The molecule has 0 aliphatic carbocycles. The molecule has 0 saturated carbocycles. The average molecular weight is 497 g/mol. The van der Waals surface area contributed by atoms with E-state index in [9.17, 15) is 8.42 Å². The number of nitrogens with zero attached hydrogens (tertiary/aromatic N) is 6.